The number of carboxylic acids is 1. The summed E-state index contributed by atoms with van der Waals surface area (Å²) in [4.78, 5) is 23.8. The molecule has 4 rings (SSSR count). The fourth-order valence-electron chi connectivity index (χ4n) is 3.27. The van der Waals surface area contributed by atoms with Gasteiger partial charge in [0.05, 0.1) is 18.1 Å². The molecule has 1 fully saturated rings. The molecule has 3 aliphatic rings. The summed E-state index contributed by atoms with van der Waals surface area (Å²) in [7, 11) is 0. The topological polar surface area (TPSA) is 94.1 Å². The Morgan fingerprint density at radius 1 is 1.13 bits per heavy atom. The summed E-state index contributed by atoms with van der Waals surface area (Å²) in [5, 5.41) is 12.1. The van der Waals surface area contributed by atoms with Crippen LogP contribution in [-0.2, 0) is 20.9 Å². The van der Waals surface area contributed by atoms with Crippen molar-refractivity contribution in [1.29, 1.82) is 0 Å². The zero-order valence-electron chi connectivity index (χ0n) is 12.1. The van der Waals surface area contributed by atoms with E-state index in [1.165, 1.54) is 0 Å². The third-order valence-corrected chi connectivity index (χ3v) is 4.39. The van der Waals surface area contributed by atoms with E-state index in [-0.39, 0.29) is 12.7 Å². The summed E-state index contributed by atoms with van der Waals surface area (Å²) in [5.74, 6) is -1.53. The molecule has 120 valence electrons. The molecule has 1 amide bonds. The van der Waals surface area contributed by atoms with Gasteiger partial charge in [-0.15, -0.1) is 0 Å². The predicted octanol–water partition coefficient (Wildman–Crippen LogP) is 0.686. The first-order valence-corrected chi connectivity index (χ1v) is 7.36. The highest BCUT2D eigenvalue weighted by atomic mass is 16.7. The number of nitrogens with one attached hydrogen (secondary N) is 1. The van der Waals surface area contributed by atoms with E-state index < -0.39 is 30.0 Å². The van der Waals surface area contributed by atoms with E-state index >= 15 is 0 Å². The molecule has 1 aromatic rings. The largest absolute Gasteiger partial charge is 0.481 e. The number of amides is 1. The van der Waals surface area contributed by atoms with Gasteiger partial charge in [0.15, 0.2) is 11.5 Å². The van der Waals surface area contributed by atoms with Gasteiger partial charge < -0.3 is 24.6 Å². The Bertz CT molecular complexity index is 700. The molecule has 1 saturated heterocycles. The van der Waals surface area contributed by atoms with E-state index in [4.69, 9.17) is 14.2 Å². The molecule has 2 N–H and O–H groups in total. The van der Waals surface area contributed by atoms with Gasteiger partial charge in [-0.1, -0.05) is 18.2 Å². The molecule has 2 bridgehead atoms. The van der Waals surface area contributed by atoms with Gasteiger partial charge in [0.1, 0.15) is 5.92 Å². The molecule has 0 radical (unpaired) electrons. The number of hydrogen-bond donors (Lipinski definition) is 2. The fourth-order valence-corrected chi connectivity index (χ4v) is 3.27. The molecule has 23 heavy (non-hydrogen) atoms. The zero-order chi connectivity index (χ0) is 16.0. The van der Waals surface area contributed by atoms with Crippen LogP contribution < -0.4 is 14.8 Å². The Balaban J connectivity index is 1.44. The Hall–Kier alpha value is -2.54. The minimum absolute atomic E-state index is 0.195. The first-order valence-electron chi connectivity index (χ1n) is 7.36. The number of carbonyl (C=O) groups is 2. The lowest BCUT2D eigenvalue weighted by molar-refractivity contribution is -0.146. The van der Waals surface area contributed by atoms with Crippen LogP contribution in [0, 0.1) is 11.8 Å². The highest BCUT2D eigenvalue weighted by Gasteiger charge is 2.53. The van der Waals surface area contributed by atoms with Crippen molar-refractivity contribution in [2.24, 2.45) is 11.8 Å². The van der Waals surface area contributed by atoms with Crippen molar-refractivity contribution in [3.8, 4) is 11.5 Å². The highest BCUT2D eigenvalue weighted by Crippen LogP contribution is 2.39. The Labute approximate surface area is 131 Å². The van der Waals surface area contributed by atoms with Crippen LogP contribution in [0.15, 0.2) is 30.4 Å². The lowest BCUT2D eigenvalue weighted by atomic mass is 9.82. The van der Waals surface area contributed by atoms with E-state index in [1.54, 1.807) is 24.3 Å². The third kappa shape index (κ3) is 2.33. The van der Waals surface area contributed by atoms with Crippen molar-refractivity contribution in [2.75, 3.05) is 6.79 Å². The van der Waals surface area contributed by atoms with Crippen LogP contribution in [0.4, 0.5) is 0 Å². The monoisotopic (exact) mass is 317 g/mol. The number of ether oxygens (including phenoxy) is 3. The number of carbonyl (C=O) groups excluding carboxylic acids is 1. The first-order chi connectivity index (χ1) is 11.1. The van der Waals surface area contributed by atoms with Crippen molar-refractivity contribution in [2.45, 2.75) is 18.8 Å². The molecule has 7 nitrogen and oxygen atoms in total. The predicted molar refractivity (Wildman–Crippen MR) is 76.8 cm³/mol. The lowest BCUT2D eigenvalue weighted by Crippen LogP contribution is -2.42. The van der Waals surface area contributed by atoms with Gasteiger partial charge in [0.25, 0.3) is 0 Å². The molecule has 0 spiro atoms. The van der Waals surface area contributed by atoms with Crippen molar-refractivity contribution < 1.29 is 28.9 Å². The fraction of sp³-hybridized carbons (Fsp3) is 0.375. The van der Waals surface area contributed by atoms with Crippen molar-refractivity contribution in [1.82, 2.24) is 5.32 Å². The number of hydrogen-bond acceptors (Lipinski definition) is 5. The van der Waals surface area contributed by atoms with Crippen LogP contribution >= 0.6 is 0 Å². The summed E-state index contributed by atoms with van der Waals surface area (Å²) < 4.78 is 16.0. The number of aliphatic carboxylic acids is 1. The van der Waals surface area contributed by atoms with Crippen LogP contribution in [0.1, 0.15) is 5.56 Å². The molecule has 3 aliphatic heterocycles. The normalized spacial score (nSPS) is 29.7. The molecule has 0 aromatic heterocycles. The van der Waals surface area contributed by atoms with Crippen molar-refractivity contribution in [3.63, 3.8) is 0 Å². The number of benzene rings is 1. The second-order valence-corrected chi connectivity index (χ2v) is 5.75. The second kappa shape index (κ2) is 5.27. The van der Waals surface area contributed by atoms with Crippen LogP contribution in [0.2, 0.25) is 0 Å². The molecule has 0 unspecified atom stereocenters. The van der Waals surface area contributed by atoms with E-state index in [9.17, 15) is 14.7 Å². The van der Waals surface area contributed by atoms with Crippen molar-refractivity contribution >= 4 is 11.9 Å². The van der Waals surface area contributed by atoms with E-state index in [0.717, 1.165) is 5.56 Å². The lowest BCUT2D eigenvalue weighted by Gasteiger charge is -2.21. The van der Waals surface area contributed by atoms with E-state index in [2.05, 4.69) is 5.32 Å². The molecule has 3 heterocycles. The molecule has 4 atom stereocenters. The van der Waals surface area contributed by atoms with Crippen LogP contribution in [0.5, 0.6) is 11.5 Å². The smallest absolute Gasteiger partial charge is 0.310 e. The molecule has 7 heteroatoms. The summed E-state index contributed by atoms with van der Waals surface area (Å²) >= 11 is 0. The van der Waals surface area contributed by atoms with Gasteiger partial charge >= 0.3 is 5.97 Å². The average molecular weight is 317 g/mol. The third-order valence-electron chi connectivity index (χ3n) is 4.39. The Morgan fingerprint density at radius 2 is 1.87 bits per heavy atom. The van der Waals surface area contributed by atoms with Crippen LogP contribution in [0.25, 0.3) is 0 Å². The maximum atomic E-state index is 12.4. The maximum Gasteiger partial charge on any atom is 0.310 e. The number of carboxylic acid groups (broad SMARTS) is 1. The quantitative estimate of drug-likeness (QED) is 0.793. The molecular weight excluding hydrogens is 302 g/mol. The van der Waals surface area contributed by atoms with E-state index in [1.807, 2.05) is 6.07 Å². The van der Waals surface area contributed by atoms with Gasteiger partial charge in [-0.2, -0.15) is 0 Å². The van der Waals surface area contributed by atoms with Gasteiger partial charge in [-0.25, -0.2) is 0 Å². The Morgan fingerprint density at radius 3 is 2.65 bits per heavy atom. The summed E-state index contributed by atoms with van der Waals surface area (Å²) in [6.07, 6.45) is 2.50. The van der Waals surface area contributed by atoms with Gasteiger partial charge in [0, 0.05) is 6.54 Å². The summed E-state index contributed by atoms with van der Waals surface area (Å²) in [6, 6.07) is 5.42. The molecule has 1 aromatic carbocycles. The van der Waals surface area contributed by atoms with Gasteiger partial charge in [-0.05, 0) is 17.7 Å². The Kier molecular flexibility index (Phi) is 3.23. The molecule has 0 aliphatic carbocycles. The minimum atomic E-state index is -1.01. The average Bonchev–Trinajstić information content (AvgIpc) is 3.25. The van der Waals surface area contributed by atoms with Crippen LogP contribution in [0.3, 0.4) is 0 Å². The first kappa shape index (κ1) is 14.1. The highest BCUT2D eigenvalue weighted by molar-refractivity contribution is 5.87. The number of fused-ring (bicyclic) bond motifs is 3. The van der Waals surface area contributed by atoms with Crippen molar-refractivity contribution in [3.05, 3.63) is 35.9 Å². The second-order valence-electron chi connectivity index (χ2n) is 5.75. The maximum absolute atomic E-state index is 12.4. The zero-order valence-corrected chi connectivity index (χ0v) is 12.1. The minimum Gasteiger partial charge on any atom is -0.481 e. The molecular formula is C16H15NO6. The summed E-state index contributed by atoms with van der Waals surface area (Å²) in [5.41, 5.74) is 0.856. The van der Waals surface area contributed by atoms with Gasteiger partial charge in [-0.3, -0.25) is 9.59 Å². The van der Waals surface area contributed by atoms with E-state index in [0.29, 0.717) is 18.0 Å². The molecule has 0 saturated carbocycles. The SMILES string of the molecule is O=C(NCc1ccc2c(c1)OCO2)[C@@H]1[C@@H](C(=O)O)[C@H]2C=C[C@@H]1O2. The number of rotatable bonds is 4. The summed E-state index contributed by atoms with van der Waals surface area (Å²) in [6.45, 7) is 0.486. The van der Waals surface area contributed by atoms with Crippen LogP contribution in [-0.4, -0.2) is 36.0 Å². The standard InChI is InChI=1S/C16H15NO6/c18-15(13-10-3-4-11(23-10)14(13)16(19)20)17-6-8-1-2-9-12(5-8)22-7-21-9/h1-5,10-11,13-14H,6-7H2,(H,17,18)(H,19,20)/t10-,11+,13-,14-/m0/s1. The van der Waals surface area contributed by atoms with Gasteiger partial charge in [0.2, 0.25) is 12.7 Å².